The standard InChI is InChI=1S/C27H31ClN4O6/c1-13-6-9-18(38-13)24(27(3,4)5)31-21-20(22(34)23(21)35)30-17-8-7-16(28)15-12-32(26(37)19(15)17)14(2)25(36)29-10-11-33/h6-9,14,24,30-31,33H,10-12H2,1-5H3,(H,29,36)/t14-,24-/m0/s1. The zero-order valence-electron chi connectivity index (χ0n) is 21.9. The van der Waals surface area contributed by atoms with Gasteiger partial charge in [-0.15, -0.1) is 0 Å². The Morgan fingerprint density at radius 3 is 2.42 bits per heavy atom. The van der Waals surface area contributed by atoms with Crippen LogP contribution in [0, 0.1) is 12.3 Å². The van der Waals surface area contributed by atoms with E-state index in [4.69, 9.17) is 21.1 Å². The van der Waals surface area contributed by atoms with Crippen molar-refractivity contribution in [2.24, 2.45) is 5.41 Å². The fourth-order valence-corrected chi connectivity index (χ4v) is 4.76. The van der Waals surface area contributed by atoms with Gasteiger partial charge in [0, 0.05) is 23.7 Å². The highest BCUT2D eigenvalue weighted by Crippen LogP contribution is 2.40. The summed E-state index contributed by atoms with van der Waals surface area (Å²) in [4.78, 5) is 52.5. The number of aryl methyl sites for hydroxylation is 1. The molecule has 0 saturated heterocycles. The summed E-state index contributed by atoms with van der Waals surface area (Å²) in [6, 6.07) is 5.59. The molecule has 4 rings (SSSR count). The van der Waals surface area contributed by atoms with E-state index in [1.807, 2.05) is 39.8 Å². The van der Waals surface area contributed by atoms with E-state index >= 15 is 0 Å². The summed E-state index contributed by atoms with van der Waals surface area (Å²) in [6.07, 6.45) is 0. The molecule has 0 radical (unpaired) electrons. The molecule has 2 amide bonds. The first-order valence-corrected chi connectivity index (χ1v) is 12.7. The zero-order valence-corrected chi connectivity index (χ0v) is 22.7. The van der Waals surface area contributed by atoms with Crippen molar-refractivity contribution >= 4 is 40.5 Å². The molecule has 0 fully saturated rings. The van der Waals surface area contributed by atoms with Gasteiger partial charge in [0.1, 0.15) is 28.9 Å². The fourth-order valence-electron chi connectivity index (χ4n) is 4.54. The molecule has 202 valence electrons. The lowest BCUT2D eigenvalue weighted by atomic mass is 9.85. The monoisotopic (exact) mass is 542 g/mol. The minimum atomic E-state index is -0.821. The molecule has 1 aliphatic heterocycles. The van der Waals surface area contributed by atoms with Crippen molar-refractivity contribution in [3.8, 4) is 0 Å². The molecule has 11 heteroatoms. The Morgan fingerprint density at radius 2 is 1.82 bits per heavy atom. The van der Waals surface area contributed by atoms with Gasteiger partial charge in [-0.1, -0.05) is 32.4 Å². The number of hydrogen-bond donors (Lipinski definition) is 4. The number of hydrogen-bond acceptors (Lipinski definition) is 8. The number of aliphatic hydroxyl groups excluding tert-OH is 1. The number of furan rings is 1. The Labute approximate surface area is 224 Å². The molecule has 3 aromatic rings. The van der Waals surface area contributed by atoms with Crippen LogP contribution in [0.5, 0.6) is 0 Å². The Bertz CT molecular complexity index is 1460. The number of carbonyl (C=O) groups is 2. The lowest BCUT2D eigenvalue weighted by molar-refractivity contribution is -0.125. The molecular formula is C27H31ClN4O6. The van der Waals surface area contributed by atoms with Gasteiger partial charge < -0.3 is 30.4 Å². The molecule has 4 N–H and O–H groups in total. The molecule has 0 aliphatic carbocycles. The fraction of sp³-hybridized carbons (Fsp3) is 0.407. The van der Waals surface area contributed by atoms with Crippen molar-refractivity contribution in [2.45, 2.75) is 53.2 Å². The lowest BCUT2D eigenvalue weighted by Crippen LogP contribution is -2.45. The van der Waals surface area contributed by atoms with Gasteiger partial charge in [-0.05, 0) is 43.5 Å². The SMILES string of the molecule is Cc1ccc([C@H](Nc2c(Nc3ccc(Cl)c4c3C(=O)N([C@@H](C)C(=O)NCCO)C4)c(=O)c2=O)C(C)(C)C)o1. The summed E-state index contributed by atoms with van der Waals surface area (Å²) < 4.78 is 5.81. The van der Waals surface area contributed by atoms with Gasteiger partial charge in [-0.3, -0.25) is 19.2 Å². The second-order valence-corrected chi connectivity index (χ2v) is 10.9. The molecule has 0 saturated carbocycles. The third kappa shape index (κ3) is 4.93. The van der Waals surface area contributed by atoms with Crippen molar-refractivity contribution in [1.29, 1.82) is 0 Å². The van der Waals surface area contributed by atoms with Crippen molar-refractivity contribution in [3.63, 3.8) is 0 Å². The summed E-state index contributed by atoms with van der Waals surface area (Å²) >= 11 is 6.40. The molecule has 0 bridgehead atoms. The van der Waals surface area contributed by atoms with Crippen molar-refractivity contribution in [2.75, 3.05) is 23.8 Å². The number of aliphatic hydroxyl groups is 1. The second kappa shape index (κ2) is 10.3. The van der Waals surface area contributed by atoms with Gasteiger partial charge in [0.2, 0.25) is 5.91 Å². The number of benzene rings is 1. The maximum atomic E-state index is 13.4. The van der Waals surface area contributed by atoms with Crippen LogP contribution in [-0.2, 0) is 11.3 Å². The predicted molar refractivity (Wildman–Crippen MR) is 145 cm³/mol. The normalized spacial score (nSPS) is 14.9. The number of halogens is 1. The first kappa shape index (κ1) is 27.4. The number of amides is 2. The van der Waals surface area contributed by atoms with E-state index < -0.39 is 34.8 Å². The quantitative estimate of drug-likeness (QED) is 0.302. The number of nitrogens with zero attached hydrogens (tertiary/aromatic N) is 1. The maximum absolute atomic E-state index is 13.4. The van der Waals surface area contributed by atoms with E-state index in [-0.39, 0.29) is 42.0 Å². The Balaban J connectivity index is 1.65. The first-order valence-electron chi connectivity index (χ1n) is 12.3. The lowest BCUT2D eigenvalue weighted by Gasteiger charge is -2.31. The Hall–Kier alpha value is -3.63. The second-order valence-electron chi connectivity index (χ2n) is 10.5. The smallest absolute Gasteiger partial charge is 0.257 e. The van der Waals surface area contributed by atoms with Crippen LogP contribution in [0.15, 0.2) is 38.3 Å². The third-order valence-electron chi connectivity index (χ3n) is 6.69. The van der Waals surface area contributed by atoms with Gasteiger partial charge >= 0.3 is 0 Å². The minimum absolute atomic E-state index is 0.0389. The highest BCUT2D eigenvalue weighted by atomic mass is 35.5. The van der Waals surface area contributed by atoms with Gasteiger partial charge in [-0.25, -0.2) is 0 Å². The number of carbonyl (C=O) groups excluding carboxylic acids is 2. The Kier molecular flexibility index (Phi) is 7.40. The molecule has 2 atom stereocenters. The van der Waals surface area contributed by atoms with Crippen LogP contribution in [0.1, 0.15) is 61.2 Å². The molecule has 2 heterocycles. The van der Waals surface area contributed by atoms with Crippen LogP contribution in [-0.4, -0.2) is 41.0 Å². The number of rotatable bonds is 9. The van der Waals surface area contributed by atoms with Gasteiger partial charge in [0.25, 0.3) is 16.8 Å². The van der Waals surface area contributed by atoms with E-state index in [1.54, 1.807) is 19.1 Å². The van der Waals surface area contributed by atoms with Crippen LogP contribution < -0.4 is 26.8 Å². The molecule has 1 aromatic heterocycles. The Morgan fingerprint density at radius 1 is 1.13 bits per heavy atom. The molecule has 0 unspecified atom stereocenters. The van der Waals surface area contributed by atoms with Gasteiger partial charge in [-0.2, -0.15) is 0 Å². The molecular weight excluding hydrogens is 512 g/mol. The number of anilines is 3. The van der Waals surface area contributed by atoms with Crippen LogP contribution >= 0.6 is 11.6 Å². The van der Waals surface area contributed by atoms with Crippen LogP contribution in [0.25, 0.3) is 0 Å². The highest BCUT2D eigenvalue weighted by molar-refractivity contribution is 6.32. The summed E-state index contributed by atoms with van der Waals surface area (Å²) in [5.74, 6) is 0.490. The van der Waals surface area contributed by atoms with E-state index in [0.29, 0.717) is 22.0 Å². The van der Waals surface area contributed by atoms with E-state index in [9.17, 15) is 19.2 Å². The average Bonchev–Trinajstić information content (AvgIpc) is 3.45. The van der Waals surface area contributed by atoms with Crippen LogP contribution in [0.4, 0.5) is 17.1 Å². The van der Waals surface area contributed by atoms with E-state index in [2.05, 4.69) is 16.0 Å². The zero-order chi connectivity index (χ0) is 27.9. The van der Waals surface area contributed by atoms with Gasteiger partial charge in [0.05, 0.1) is 23.9 Å². The first-order chi connectivity index (χ1) is 17.8. The van der Waals surface area contributed by atoms with Crippen LogP contribution in [0.3, 0.4) is 0 Å². The summed E-state index contributed by atoms with van der Waals surface area (Å²) in [7, 11) is 0. The number of nitrogens with one attached hydrogen (secondary N) is 3. The highest BCUT2D eigenvalue weighted by Gasteiger charge is 2.38. The minimum Gasteiger partial charge on any atom is -0.464 e. The third-order valence-corrected chi connectivity index (χ3v) is 7.04. The topological polar surface area (TPSA) is 141 Å². The van der Waals surface area contributed by atoms with Crippen molar-refractivity contribution in [3.05, 3.63) is 72.4 Å². The molecule has 1 aliphatic rings. The van der Waals surface area contributed by atoms with E-state index in [1.165, 1.54) is 4.90 Å². The summed E-state index contributed by atoms with van der Waals surface area (Å²) in [5.41, 5.74) is -0.564. The van der Waals surface area contributed by atoms with Gasteiger partial charge in [0.15, 0.2) is 0 Å². The van der Waals surface area contributed by atoms with Crippen LogP contribution in [0.2, 0.25) is 5.02 Å². The number of fused-ring (bicyclic) bond motifs is 1. The predicted octanol–water partition coefficient (Wildman–Crippen LogP) is 3.23. The summed E-state index contributed by atoms with van der Waals surface area (Å²) in [6.45, 7) is 9.30. The average molecular weight is 543 g/mol. The molecule has 0 spiro atoms. The maximum Gasteiger partial charge on any atom is 0.257 e. The molecule has 10 nitrogen and oxygen atoms in total. The molecule has 2 aromatic carbocycles. The molecule has 38 heavy (non-hydrogen) atoms. The largest absolute Gasteiger partial charge is 0.464 e. The summed E-state index contributed by atoms with van der Waals surface area (Å²) in [5, 5.41) is 18.0. The van der Waals surface area contributed by atoms with Crippen molar-refractivity contribution in [1.82, 2.24) is 10.2 Å². The van der Waals surface area contributed by atoms with E-state index in [0.717, 1.165) is 5.76 Å². The van der Waals surface area contributed by atoms with Crippen molar-refractivity contribution < 1.29 is 19.1 Å².